The predicted molar refractivity (Wildman–Crippen MR) is 78.1 cm³/mol. The van der Waals surface area contributed by atoms with E-state index in [0.29, 0.717) is 4.47 Å². The third-order valence-corrected chi connectivity index (χ3v) is 4.20. The smallest absolute Gasteiger partial charge is 0.358 e. The zero-order chi connectivity index (χ0) is 17.6. The first kappa shape index (κ1) is 16.4. The van der Waals surface area contributed by atoms with E-state index >= 15 is 0 Å². The summed E-state index contributed by atoms with van der Waals surface area (Å²) in [6.07, 6.45) is -3.18. The van der Waals surface area contributed by atoms with E-state index in [0.717, 1.165) is 22.9 Å². The number of nitro groups is 1. The summed E-state index contributed by atoms with van der Waals surface area (Å²) in [4.78, 5) is 22.1. The maximum absolute atomic E-state index is 14.2. The lowest BCUT2D eigenvalue weighted by Crippen LogP contribution is -2.58. The first-order valence-corrected chi connectivity index (χ1v) is 7.32. The fraction of sp³-hybridized carbons (Fsp3) is 0.231. The summed E-state index contributed by atoms with van der Waals surface area (Å²) in [6, 6.07) is 4.32. The van der Waals surface area contributed by atoms with Crippen LogP contribution >= 0.6 is 15.9 Å². The average molecular weight is 405 g/mol. The van der Waals surface area contributed by atoms with Crippen molar-refractivity contribution in [1.82, 2.24) is 15.1 Å². The van der Waals surface area contributed by atoms with Crippen LogP contribution in [0.2, 0.25) is 0 Å². The van der Waals surface area contributed by atoms with Gasteiger partial charge in [0.25, 0.3) is 12.3 Å². The number of rotatable bonds is 3. The Balaban J connectivity index is 2.17. The summed E-state index contributed by atoms with van der Waals surface area (Å²) in [5.41, 5.74) is -3.07. The standard InChI is InChI=1S/C13H8BrF3N4O3/c14-6-1-2-8(15)7(3-6)13(12(16)17)5-20-9(11(22)18-13)4-10(19-20)21(23)24/h1-4,12H,5H2,(H,18,22). The number of hydrogen-bond donors (Lipinski definition) is 1. The predicted octanol–water partition coefficient (Wildman–Crippen LogP) is 2.60. The van der Waals surface area contributed by atoms with Crippen molar-refractivity contribution in [3.8, 4) is 0 Å². The summed E-state index contributed by atoms with van der Waals surface area (Å²) in [5, 5.41) is 16.4. The highest BCUT2D eigenvalue weighted by atomic mass is 79.9. The van der Waals surface area contributed by atoms with Crippen LogP contribution in [0.4, 0.5) is 19.0 Å². The number of hydrogen-bond acceptors (Lipinski definition) is 4. The number of fused-ring (bicyclic) bond motifs is 1. The largest absolute Gasteiger partial charge is 0.390 e. The molecule has 1 atom stereocenters. The third-order valence-electron chi connectivity index (χ3n) is 3.70. The molecule has 24 heavy (non-hydrogen) atoms. The highest BCUT2D eigenvalue weighted by Gasteiger charge is 2.51. The van der Waals surface area contributed by atoms with Gasteiger partial charge in [-0.3, -0.25) is 4.79 Å². The molecule has 1 aromatic heterocycles. The first-order valence-electron chi connectivity index (χ1n) is 6.53. The van der Waals surface area contributed by atoms with E-state index in [2.05, 4.69) is 26.3 Å². The van der Waals surface area contributed by atoms with Crippen molar-refractivity contribution in [3.05, 3.63) is 55.9 Å². The minimum atomic E-state index is -3.18. The summed E-state index contributed by atoms with van der Waals surface area (Å²) < 4.78 is 43.0. The Morgan fingerprint density at radius 3 is 2.75 bits per heavy atom. The van der Waals surface area contributed by atoms with Gasteiger partial charge in [-0.15, -0.1) is 0 Å². The molecule has 2 aromatic rings. The molecular weight excluding hydrogens is 397 g/mol. The molecule has 0 saturated carbocycles. The normalized spacial score (nSPS) is 20.0. The average Bonchev–Trinajstić information content (AvgIpc) is 2.94. The number of nitrogens with zero attached hydrogens (tertiary/aromatic N) is 3. The van der Waals surface area contributed by atoms with Crippen molar-refractivity contribution in [2.75, 3.05) is 0 Å². The molecule has 0 spiro atoms. The maximum Gasteiger partial charge on any atom is 0.390 e. The van der Waals surface area contributed by atoms with Crippen LogP contribution in [0.3, 0.4) is 0 Å². The quantitative estimate of drug-likeness (QED) is 0.628. The fourth-order valence-electron chi connectivity index (χ4n) is 2.57. The molecule has 1 N–H and O–H groups in total. The van der Waals surface area contributed by atoms with Crippen LogP contribution in [-0.2, 0) is 12.1 Å². The van der Waals surface area contributed by atoms with Crippen LogP contribution in [0.1, 0.15) is 16.1 Å². The minimum absolute atomic E-state index is 0.242. The molecule has 0 bridgehead atoms. The van der Waals surface area contributed by atoms with Crippen LogP contribution in [0.5, 0.6) is 0 Å². The number of benzene rings is 1. The first-order chi connectivity index (χ1) is 11.2. The Morgan fingerprint density at radius 1 is 1.42 bits per heavy atom. The minimum Gasteiger partial charge on any atom is -0.358 e. The van der Waals surface area contributed by atoms with Gasteiger partial charge in [0.2, 0.25) is 0 Å². The van der Waals surface area contributed by atoms with E-state index in [1.165, 1.54) is 6.07 Å². The Bertz CT molecular complexity index is 857. The molecule has 0 aliphatic carbocycles. The van der Waals surface area contributed by atoms with Crippen LogP contribution < -0.4 is 5.32 Å². The molecule has 1 amide bonds. The van der Waals surface area contributed by atoms with Gasteiger partial charge >= 0.3 is 5.82 Å². The van der Waals surface area contributed by atoms with Gasteiger partial charge in [-0.05, 0) is 23.1 Å². The van der Waals surface area contributed by atoms with Gasteiger partial charge in [0.15, 0.2) is 11.2 Å². The van der Waals surface area contributed by atoms with E-state index in [4.69, 9.17) is 0 Å². The van der Waals surface area contributed by atoms with Gasteiger partial charge in [-0.2, -0.15) is 4.68 Å². The zero-order valence-corrected chi connectivity index (χ0v) is 13.3. The van der Waals surface area contributed by atoms with E-state index in [1.54, 1.807) is 0 Å². The second kappa shape index (κ2) is 5.58. The van der Waals surface area contributed by atoms with Crippen molar-refractivity contribution >= 4 is 27.7 Å². The van der Waals surface area contributed by atoms with Crippen molar-refractivity contribution in [2.45, 2.75) is 18.5 Å². The third kappa shape index (κ3) is 2.44. The van der Waals surface area contributed by atoms with Crippen LogP contribution in [0, 0.1) is 15.9 Å². The maximum atomic E-state index is 14.2. The van der Waals surface area contributed by atoms with Gasteiger partial charge in [0.1, 0.15) is 5.82 Å². The number of nitrogens with one attached hydrogen (secondary N) is 1. The van der Waals surface area contributed by atoms with Crippen molar-refractivity contribution in [3.63, 3.8) is 0 Å². The zero-order valence-electron chi connectivity index (χ0n) is 11.7. The molecule has 0 saturated heterocycles. The lowest BCUT2D eigenvalue weighted by Gasteiger charge is -2.36. The molecular formula is C13H8BrF3N4O3. The lowest BCUT2D eigenvalue weighted by molar-refractivity contribution is -0.389. The molecule has 1 aromatic carbocycles. The summed E-state index contributed by atoms with van der Waals surface area (Å²) in [5.74, 6) is -2.59. The molecule has 1 unspecified atom stereocenters. The van der Waals surface area contributed by atoms with Gasteiger partial charge in [0.05, 0.1) is 17.7 Å². The van der Waals surface area contributed by atoms with E-state index in [9.17, 15) is 28.1 Å². The van der Waals surface area contributed by atoms with E-state index in [1.807, 2.05) is 0 Å². The second-order valence-corrected chi connectivity index (χ2v) is 6.07. The SMILES string of the molecule is O=C1NC(c2cc(Br)ccc2F)(C(F)F)Cn2nc([N+](=O)[O-])cc21. The Labute approximate surface area is 140 Å². The Kier molecular flexibility index (Phi) is 3.82. The van der Waals surface area contributed by atoms with Crippen LogP contribution in [0.25, 0.3) is 0 Å². The molecule has 1 aliphatic rings. The monoisotopic (exact) mass is 404 g/mol. The topological polar surface area (TPSA) is 90.1 Å². The fourth-order valence-corrected chi connectivity index (χ4v) is 2.93. The molecule has 0 fully saturated rings. The van der Waals surface area contributed by atoms with Crippen molar-refractivity contribution in [1.29, 1.82) is 0 Å². The summed E-state index contributed by atoms with van der Waals surface area (Å²) in [7, 11) is 0. The Hall–Kier alpha value is -2.43. The molecule has 3 rings (SSSR count). The molecule has 2 heterocycles. The van der Waals surface area contributed by atoms with Gasteiger partial charge < -0.3 is 15.4 Å². The highest BCUT2D eigenvalue weighted by molar-refractivity contribution is 9.10. The van der Waals surface area contributed by atoms with Gasteiger partial charge in [-0.25, -0.2) is 13.2 Å². The number of alkyl halides is 2. The Morgan fingerprint density at radius 2 is 2.12 bits per heavy atom. The molecule has 7 nitrogen and oxygen atoms in total. The number of halogens is 4. The summed E-state index contributed by atoms with van der Waals surface area (Å²) in [6.45, 7) is -0.646. The second-order valence-electron chi connectivity index (χ2n) is 5.15. The van der Waals surface area contributed by atoms with E-state index < -0.39 is 46.5 Å². The number of aromatic nitrogens is 2. The number of carbonyl (C=O) groups excluding carboxylic acids is 1. The van der Waals surface area contributed by atoms with Crippen LogP contribution in [-0.4, -0.2) is 27.0 Å². The number of carbonyl (C=O) groups is 1. The lowest BCUT2D eigenvalue weighted by atomic mass is 9.88. The van der Waals surface area contributed by atoms with Crippen molar-refractivity contribution in [2.24, 2.45) is 0 Å². The highest BCUT2D eigenvalue weighted by Crippen LogP contribution is 2.37. The van der Waals surface area contributed by atoms with Gasteiger partial charge in [-0.1, -0.05) is 15.9 Å². The van der Waals surface area contributed by atoms with Crippen LogP contribution in [0.15, 0.2) is 28.7 Å². The summed E-state index contributed by atoms with van der Waals surface area (Å²) >= 11 is 3.07. The molecule has 1 aliphatic heterocycles. The number of amides is 1. The molecule has 0 radical (unpaired) electrons. The molecule has 11 heteroatoms. The van der Waals surface area contributed by atoms with E-state index in [-0.39, 0.29) is 5.69 Å². The van der Waals surface area contributed by atoms with Crippen molar-refractivity contribution < 1.29 is 22.9 Å². The van der Waals surface area contributed by atoms with Gasteiger partial charge in [0, 0.05) is 10.0 Å². The molecule has 126 valence electrons.